The average Bonchev–Trinajstić information content (AvgIpc) is 2.73. The van der Waals surface area contributed by atoms with Crippen molar-refractivity contribution >= 4 is 17.9 Å². The van der Waals surface area contributed by atoms with Gasteiger partial charge in [-0.1, -0.05) is 18.7 Å². The minimum absolute atomic E-state index is 0.138. The highest BCUT2D eigenvalue weighted by Crippen LogP contribution is 2.12. The standard InChI is InChI=1S/C24H36N4O3/c1-9-21(15-26-11-3)28-24(25)18(6)12-22(30-20(8)16-29)13-19(7)31-23(10-2)27-14-17(4)5/h9-15,19-20,29H,1-2,16H2,3-8H3,(H2,25,28)/b18-12+,21-15+,22-13+,26-11?,27-23?. The minimum atomic E-state index is -0.415. The summed E-state index contributed by atoms with van der Waals surface area (Å²) < 4.78 is 11.6. The Labute approximate surface area is 186 Å². The second-order valence-electron chi connectivity index (χ2n) is 6.87. The van der Waals surface area contributed by atoms with Gasteiger partial charge in [0.25, 0.3) is 0 Å². The molecule has 31 heavy (non-hydrogen) atoms. The van der Waals surface area contributed by atoms with Crippen molar-refractivity contribution in [2.75, 3.05) is 6.61 Å². The van der Waals surface area contributed by atoms with Crippen molar-refractivity contribution in [1.29, 1.82) is 0 Å². The van der Waals surface area contributed by atoms with E-state index in [1.165, 1.54) is 6.08 Å². The molecule has 7 heteroatoms. The molecule has 0 aromatic heterocycles. The van der Waals surface area contributed by atoms with E-state index >= 15 is 0 Å². The Morgan fingerprint density at radius 2 is 1.77 bits per heavy atom. The van der Waals surface area contributed by atoms with Crippen LogP contribution in [0.1, 0.15) is 41.5 Å². The van der Waals surface area contributed by atoms with E-state index < -0.39 is 6.10 Å². The van der Waals surface area contributed by atoms with Crippen LogP contribution < -0.4 is 5.73 Å². The summed E-state index contributed by atoms with van der Waals surface area (Å²) in [6, 6.07) is 0. The molecule has 170 valence electrons. The van der Waals surface area contributed by atoms with Crippen molar-refractivity contribution in [3.63, 3.8) is 0 Å². The zero-order valence-electron chi connectivity index (χ0n) is 19.5. The van der Waals surface area contributed by atoms with Crippen LogP contribution in [0.5, 0.6) is 0 Å². The van der Waals surface area contributed by atoms with Gasteiger partial charge >= 0.3 is 0 Å². The maximum Gasteiger partial charge on any atom is 0.213 e. The molecule has 0 rings (SSSR count). The Kier molecular flexibility index (Phi) is 14.0. The lowest BCUT2D eigenvalue weighted by molar-refractivity contribution is 0.0761. The first kappa shape index (κ1) is 27.8. The van der Waals surface area contributed by atoms with Crippen molar-refractivity contribution in [3.05, 3.63) is 72.5 Å². The van der Waals surface area contributed by atoms with E-state index in [0.29, 0.717) is 22.9 Å². The topological polar surface area (TPSA) is 102 Å². The number of aliphatic hydroxyl groups excluding tert-OH is 1. The van der Waals surface area contributed by atoms with Gasteiger partial charge in [-0.15, -0.1) is 0 Å². The molecule has 2 atom stereocenters. The molecule has 0 saturated heterocycles. The lowest BCUT2D eigenvalue weighted by Gasteiger charge is -2.17. The van der Waals surface area contributed by atoms with Crippen molar-refractivity contribution in [2.45, 2.75) is 53.8 Å². The van der Waals surface area contributed by atoms with Crippen LogP contribution in [0.3, 0.4) is 0 Å². The maximum absolute atomic E-state index is 9.38. The number of ether oxygens (including phenoxy) is 2. The average molecular weight is 429 g/mol. The summed E-state index contributed by atoms with van der Waals surface area (Å²) in [5.41, 5.74) is 8.35. The summed E-state index contributed by atoms with van der Waals surface area (Å²) in [7, 11) is 0. The van der Waals surface area contributed by atoms with Gasteiger partial charge in [-0.3, -0.25) is 4.99 Å². The second-order valence-corrected chi connectivity index (χ2v) is 6.87. The van der Waals surface area contributed by atoms with Crippen molar-refractivity contribution < 1.29 is 14.6 Å². The Morgan fingerprint density at radius 1 is 1.10 bits per heavy atom. The Hall–Kier alpha value is -3.19. The largest absolute Gasteiger partial charge is 0.489 e. The molecule has 3 N–H and O–H groups in total. The molecule has 7 nitrogen and oxygen atoms in total. The number of nitrogens with zero attached hydrogens (tertiary/aromatic N) is 3. The fourth-order valence-corrected chi connectivity index (χ4v) is 1.96. The van der Waals surface area contributed by atoms with E-state index in [-0.39, 0.29) is 18.5 Å². The molecule has 0 aliphatic rings. The first-order chi connectivity index (χ1) is 14.7. The monoisotopic (exact) mass is 428 g/mol. The number of allylic oxidation sites excluding steroid dienone is 3. The fourth-order valence-electron chi connectivity index (χ4n) is 1.96. The van der Waals surface area contributed by atoms with Gasteiger partial charge in [-0.25, -0.2) is 9.98 Å². The molecule has 0 saturated carbocycles. The third kappa shape index (κ3) is 12.9. The molecule has 0 radical (unpaired) electrons. The van der Waals surface area contributed by atoms with Crippen molar-refractivity contribution in [3.8, 4) is 0 Å². The number of hydrogen-bond donors (Lipinski definition) is 2. The van der Waals surface area contributed by atoms with Crippen molar-refractivity contribution in [1.82, 2.24) is 0 Å². The Bertz CT molecular complexity index is 811. The van der Waals surface area contributed by atoms with Gasteiger partial charge in [0.2, 0.25) is 5.90 Å². The highest BCUT2D eigenvalue weighted by Gasteiger charge is 2.09. The van der Waals surface area contributed by atoms with Gasteiger partial charge < -0.3 is 20.3 Å². The summed E-state index contributed by atoms with van der Waals surface area (Å²) in [5.74, 6) is 1.15. The second kappa shape index (κ2) is 15.6. The van der Waals surface area contributed by atoms with Crippen LogP contribution in [0.4, 0.5) is 0 Å². The maximum atomic E-state index is 9.38. The van der Waals surface area contributed by atoms with Crippen LogP contribution in [0.2, 0.25) is 0 Å². The normalized spacial score (nSPS) is 16.0. The van der Waals surface area contributed by atoms with Crippen LogP contribution in [-0.4, -0.2) is 41.9 Å². The van der Waals surface area contributed by atoms with E-state index in [1.807, 2.05) is 20.8 Å². The molecular weight excluding hydrogens is 392 g/mol. The van der Waals surface area contributed by atoms with Gasteiger partial charge in [0.1, 0.15) is 23.8 Å². The van der Waals surface area contributed by atoms with Crippen LogP contribution in [0.15, 0.2) is 87.4 Å². The van der Waals surface area contributed by atoms with Gasteiger partial charge in [-0.05, 0) is 71.4 Å². The predicted octanol–water partition coefficient (Wildman–Crippen LogP) is 4.60. The molecule has 2 unspecified atom stereocenters. The first-order valence-electron chi connectivity index (χ1n) is 9.99. The zero-order chi connectivity index (χ0) is 23.8. The Morgan fingerprint density at radius 3 is 2.29 bits per heavy atom. The highest BCUT2D eigenvalue weighted by molar-refractivity contribution is 5.97. The highest BCUT2D eigenvalue weighted by atomic mass is 16.5. The number of aliphatic hydroxyl groups is 1. The summed E-state index contributed by atoms with van der Waals surface area (Å²) in [6.07, 6.45) is 10.7. The molecule has 0 aliphatic heterocycles. The SMILES string of the molecule is C=CC(=NC=C(C)C)OC(C)\C=C(/C=C(C)/C(N)=N/C(C=C)=C/N=CC)OC(C)CO. The van der Waals surface area contributed by atoms with Crippen LogP contribution in [0.25, 0.3) is 0 Å². The molecule has 0 heterocycles. The van der Waals surface area contributed by atoms with Gasteiger partial charge in [0.15, 0.2) is 0 Å². The molecule has 0 bridgehead atoms. The molecular formula is C24H36N4O3. The quantitative estimate of drug-likeness (QED) is 0.205. The first-order valence-corrected chi connectivity index (χ1v) is 9.99. The van der Waals surface area contributed by atoms with Crippen LogP contribution in [-0.2, 0) is 9.47 Å². The number of amidine groups is 1. The van der Waals surface area contributed by atoms with Crippen molar-refractivity contribution in [2.24, 2.45) is 20.7 Å². The third-order valence-electron chi connectivity index (χ3n) is 3.50. The predicted molar refractivity (Wildman–Crippen MR) is 131 cm³/mol. The minimum Gasteiger partial charge on any atom is -0.489 e. The lowest BCUT2D eigenvalue weighted by atomic mass is 10.2. The van der Waals surface area contributed by atoms with Gasteiger partial charge in [0, 0.05) is 12.4 Å². The van der Waals surface area contributed by atoms with Gasteiger partial charge in [-0.2, -0.15) is 0 Å². The number of rotatable bonds is 12. The smallest absolute Gasteiger partial charge is 0.213 e. The summed E-state index contributed by atoms with van der Waals surface area (Å²) in [6.45, 7) is 18.4. The fraction of sp³-hybridized carbons (Fsp3) is 0.375. The van der Waals surface area contributed by atoms with E-state index in [9.17, 15) is 5.11 Å². The van der Waals surface area contributed by atoms with E-state index in [2.05, 4.69) is 28.1 Å². The van der Waals surface area contributed by atoms with E-state index in [0.717, 1.165) is 5.57 Å². The summed E-state index contributed by atoms with van der Waals surface area (Å²) >= 11 is 0. The van der Waals surface area contributed by atoms with E-state index in [4.69, 9.17) is 15.2 Å². The summed E-state index contributed by atoms with van der Waals surface area (Å²) in [4.78, 5) is 12.6. The molecule has 0 aliphatic carbocycles. The molecule has 0 amide bonds. The van der Waals surface area contributed by atoms with Crippen LogP contribution >= 0.6 is 0 Å². The molecule has 0 aromatic carbocycles. The number of aliphatic imine (C=N–C) groups is 3. The molecule has 0 fully saturated rings. The summed E-state index contributed by atoms with van der Waals surface area (Å²) in [5, 5.41) is 9.38. The number of hydrogen-bond acceptors (Lipinski definition) is 6. The zero-order valence-corrected chi connectivity index (χ0v) is 19.5. The molecule has 0 aromatic rings. The van der Waals surface area contributed by atoms with Gasteiger partial charge in [0.05, 0.1) is 18.5 Å². The van der Waals surface area contributed by atoms with E-state index in [1.54, 1.807) is 57.6 Å². The lowest BCUT2D eigenvalue weighted by Crippen LogP contribution is -2.17. The Balaban J connectivity index is 5.85. The third-order valence-corrected chi connectivity index (χ3v) is 3.50. The molecule has 0 spiro atoms. The number of nitrogens with two attached hydrogens (primary N) is 1. The van der Waals surface area contributed by atoms with Crippen LogP contribution in [0, 0.1) is 0 Å².